The van der Waals surface area contributed by atoms with Crippen LogP contribution in [0.15, 0.2) is 18.2 Å². The van der Waals surface area contributed by atoms with Gasteiger partial charge in [-0.3, -0.25) is 4.79 Å². The van der Waals surface area contributed by atoms with Crippen LogP contribution in [0.5, 0.6) is 5.75 Å². The van der Waals surface area contributed by atoms with Crippen LogP contribution in [0, 0.1) is 0 Å². The Kier molecular flexibility index (Phi) is 3.33. The maximum atomic E-state index is 11.1. The molecule has 2 atom stereocenters. The number of aryl methyl sites for hydroxylation is 1. The average Bonchev–Trinajstić information content (AvgIpc) is 2.36. The largest absolute Gasteiger partial charge is 0.497 e. The van der Waals surface area contributed by atoms with Crippen LogP contribution in [0.1, 0.15) is 29.9 Å². The first-order chi connectivity index (χ1) is 8.13. The van der Waals surface area contributed by atoms with Crippen LogP contribution in [0.3, 0.4) is 0 Å². The fourth-order valence-corrected chi connectivity index (χ4v) is 2.48. The fraction of sp³-hybridized carbons (Fsp3) is 0.462. The lowest BCUT2D eigenvalue weighted by Gasteiger charge is -2.28. The summed E-state index contributed by atoms with van der Waals surface area (Å²) in [4.78, 5) is 11.1. The molecular weight excluding hydrogens is 218 g/mol. The van der Waals surface area contributed by atoms with Crippen LogP contribution in [-0.4, -0.2) is 24.2 Å². The highest BCUT2D eigenvalue weighted by Gasteiger charge is 2.29. The quantitative estimate of drug-likeness (QED) is 0.819. The predicted octanol–water partition coefficient (Wildman–Crippen LogP) is 0.961. The van der Waals surface area contributed by atoms with E-state index < -0.39 is 12.0 Å². The van der Waals surface area contributed by atoms with Crippen LogP contribution in [0.25, 0.3) is 0 Å². The second kappa shape index (κ2) is 4.75. The normalized spacial score (nSPS) is 20.5. The number of aliphatic hydroxyl groups excluding tert-OH is 1. The van der Waals surface area contributed by atoms with Gasteiger partial charge < -0.3 is 15.6 Å². The molecule has 0 radical (unpaired) electrons. The monoisotopic (exact) mass is 235 g/mol. The summed E-state index contributed by atoms with van der Waals surface area (Å²) in [7, 11) is 1.63. The summed E-state index contributed by atoms with van der Waals surface area (Å²) in [6, 6.07) is 5.74. The Morgan fingerprint density at radius 2 is 2.35 bits per heavy atom. The lowest BCUT2D eigenvalue weighted by molar-refractivity contribution is -0.127. The Morgan fingerprint density at radius 1 is 1.59 bits per heavy atom. The van der Waals surface area contributed by atoms with Gasteiger partial charge in [0.1, 0.15) is 11.9 Å². The smallest absolute Gasteiger partial charge is 0.246 e. The molecule has 1 aromatic rings. The highest BCUT2D eigenvalue weighted by Crippen LogP contribution is 2.35. The van der Waals surface area contributed by atoms with Crippen molar-refractivity contribution >= 4 is 5.91 Å². The van der Waals surface area contributed by atoms with Crippen molar-refractivity contribution in [2.45, 2.75) is 31.3 Å². The van der Waals surface area contributed by atoms with Crippen molar-refractivity contribution in [3.63, 3.8) is 0 Å². The van der Waals surface area contributed by atoms with Gasteiger partial charge in [0.15, 0.2) is 0 Å². The average molecular weight is 235 g/mol. The molecule has 2 rings (SSSR count). The zero-order chi connectivity index (χ0) is 12.4. The predicted molar refractivity (Wildman–Crippen MR) is 63.9 cm³/mol. The van der Waals surface area contributed by atoms with Gasteiger partial charge in [-0.2, -0.15) is 0 Å². The Hall–Kier alpha value is -1.55. The summed E-state index contributed by atoms with van der Waals surface area (Å²) in [6.07, 6.45) is 1.61. The number of methoxy groups -OCH3 is 1. The summed E-state index contributed by atoms with van der Waals surface area (Å²) in [5.74, 6) is -0.0289. The molecule has 17 heavy (non-hydrogen) atoms. The molecule has 1 unspecified atom stereocenters. The van der Waals surface area contributed by atoms with E-state index in [0.717, 1.165) is 36.1 Å². The zero-order valence-electron chi connectivity index (χ0n) is 9.85. The number of benzene rings is 1. The number of carbonyl (C=O) groups excluding carboxylic acids is 1. The lowest BCUT2D eigenvalue weighted by atomic mass is 9.79. The number of nitrogens with two attached hydrogens (primary N) is 1. The highest BCUT2D eigenvalue weighted by atomic mass is 16.5. The molecular formula is C13H17NO3. The van der Waals surface area contributed by atoms with Gasteiger partial charge in [0, 0.05) is 5.92 Å². The van der Waals surface area contributed by atoms with Crippen molar-refractivity contribution in [1.82, 2.24) is 0 Å². The standard InChI is InChI=1S/C13H17NO3/c1-17-9-5-6-10-8(7-9)3-2-4-11(10)12(15)13(14)16/h5-7,11-12,15H,2-4H2,1H3,(H2,14,16)/t11-,12?/m1/s1. The molecule has 1 amide bonds. The zero-order valence-corrected chi connectivity index (χ0v) is 9.85. The molecule has 4 nitrogen and oxygen atoms in total. The summed E-state index contributed by atoms with van der Waals surface area (Å²) >= 11 is 0. The molecule has 92 valence electrons. The third-order valence-corrected chi connectivity index (χ3v) is 3.38. The maximum absolute atomic E-state index is 11.1. The molecule has 4 heteroatoms. The number of primary amides is 1. The molecule has 0 spiro atoms. The first kappa shape index (κ1) is 11.9. The Bertz CT molecular complexity index is 431. The van der Waals surface area contributed by atoms with Crippen molar-refractivity contribution in [1.29, 1.82) is 0 Å². The van der Waals surface area contributed by atoms with Crippen LogP contribution in [0.4, 0.5) is 0 Å². The van der Waals surface area contributed by atoms with E-state index in [0.29, 0.717) is 0 Å². The molecule has 0 fully saturated rings. The molecule has 0 bridgehead atoms. The molecule has 3 N–H and O–H groups in total. The van der Waals surface area contributed by atoms with Gasteiger partial charge in [-0.15, -0.1) is 0 Å². The number of ether oxygens (including phenoxy) is 1. The summed E-state index contributed by atoms with van der Waals surface area (Å²) in [5, 5.41) is 9.82. The number of rotatable bonds is 3. The van der Waals surface area contributed by atoms with Gasteiger partial charge in [0.2, 0.25) is 5.91 Å². The number of carbonyl (C=O) groups is 1. The van der Waals surface area contributed by atoms with Crippen LogP contribution in [-0.2, 0) is 11.2 Å². The third-order valence-electron chi connectivity index (χ3n) is 3.38. The van der Waals surface area contributed by atoms with Crippen molar-refractivity contribution in [2.75, 3.05) is 7.11 Å². The Balaban J connectivity index is 2.34. The third kappa shape index (κ3) is 2.26. The SMILES string of the molecule is COc1ccc2c(c1)CCC[C@H]2C(O)C(N)=O. The van der Waals surface area contributed by atoms with E-state index in [1.807, 2.05) is 18.2 Å². The van der Waals surface area contributed by atoms with Gasteiger partial charge in [-0.25, -0.2) is 0 Å². The van der Waals surface area contributed by atoms with E-state index in [1.165, 1.54) is 0 Å². The van der Waals surface area contributed by atoms with E-state index in [-0.39, 0.29) is 5.92 Å². The molecule has 1 aliphatic rings. The summed E-state index contributed by atoms with van der Waals surface area (Å²) in [5.41, 5.74) is 7.32. The van der Waals surface area contributed by atoms with Crippen molar-refractivity contribution in [2.24, 2.45) is 5.73 Å². The van der Waals surface area contributed by atoms with Gasteiger partial charge in [0.25, 0.3) is 0 Å². The second-order valence-corrected chi connectivity index (χ2v) is 4.41. The Labute approximate surface area is 100 Å². The summed E-state index contributed by atoms with van der Waals surface area (Å²) < 4.78 is 5.17. The second-order valence-electron chi connectivity index (χ2n) is 4.41. The first-order valence-electron chi connectivity index (χ1n) is 5.77. The minimum Gasteiger partial charge on any atom is -0.497 e. The minimum atomic E-state index is -1.09. The Morgan fingerprint density at radius 3 is 3.00 bits per heavy atom. The van der Waals surface area contributed by atoms with E-state index in [1.54, 1.807) is 7.11 Å². The van der Waals surface area contributed by atoms with Crippen molar-refractivity contribution < 1.29 is 14.6 Å². The van der Waals surface area contributed by atoms with Gasteiger partial charge in [-0.05, 0) is 42.5 Å². The van der Waals surface area contributed by atoms with E-state index in [9.17, 15) is 9.90 Å². The maximum Gasteiger partial charge on any atom is 0.246 e. The lowest BCUT2D eigenvalue weighted by Crippen LogP contribution is -2.35. The molecule has 0 aromatic heterocycles. The molecule has 1 aromatic carbocycles. The van der Waals surface area contributed by atoms with E-state index in [4.69, 9.17) is 10.5 Å². The van der Waals surface area contributed by atoms with Crippen LogP contribution in [0.2, 0.25) is 0 Å². The molecule has 0 heterocycles. The van der Waals surface area contributed by atoms with Crippen LogP contribution < -0.4 is 10.5 Å². The number of hydrogen-bond donors (Lipinski definition) is 2. The van der Waals surface area contributed by atoms with Gasteiger partial charge in [-0.1, -0.05) is 6.07 Å². The summed E-state index contributed by atoms with van der Waals surface area (Å²) in [6.45, 7) is 0. The molecule has 0 saturated carbocycles. The molecule has 1 aliphatic carbocycles. The number of hydrogen-bond acceptors (Lipinski definition) is 3. The van der Waals surface area contributed by atoms with Crippen LogP contribution >= 0.6 is 0 Å². The number of aliphatic hydroxyl groups is 1. The van der Waals surface area contributed by atoms with E-state index >= 15 is 0 Å². The van der Waals surface area contributed by atoms with E-state index in [2.05, 4.69) is 0 Å². The minimum absolute atomic E-state index is 0.179. The number of amides is 1. The topological polar surface area (TPSA) is 72.6 Å². The fourth-order valence-electron chi connectivity index (χ4n) is 2.48. The first-order valence-corrected chi connectivity index (χ1v) is 5.77. The van der Waals surface area contributed by atoms with Crippen molar-refractivity contribution in [3.05, 3.63) is 29.3 Å². The number of fused-ring (bicyclic) bond motifs is 1. The molecule has 0 saturated heterocycles. The highest BCUT2D eigenvalue weighted by molar-refractivity contribution is 5.80. The van der Waals surface area contributed by atoms with Gasteiger partial charge in [0.05, 0.1) is 7.11 Å². The van der Waals surface area contributed by atoms with Crippen molar-refractivity contribution in [3.8, 4) is 5.75 Å². The molecule has 0 aliphatic heterocycles. The van der Waals surface area contributed by atoms with Gasteiger partial charge >= 0.3 is 0 Å².